The van der Waals surface area contributed by atoms with E-state index in [0.717, 1.165) is 25.7 Å². The summed E-state index contributed by atoms with van der Waals surface area (Å²) in [6.45, 7) is 8.36. The zero-order valence-corrected chi connectivity index (χ0v) is 12.2. The molecule has 0 heterocycles. The van der Waals surface area contributed by atoms with E-state index in [4.69, 9.17) is 5.73 Å². The molecule has 4 heteroatoms. The number of amides is 1. The van der Waals surface area contributed by atoms with E-state index in [2.05, 4.69) is 19.2 Å². The minimum absolute atomic E-state index is 0.178. The average molecular weight is 256 g/mol. The molecule has 1 aliphatic rings. The van der Waals surface area contributed by atoms with E-state index < -0.39 is 11.1 Å². The summed E-state index contributed by atoms with van der Waals surface area (Å²) < 4.78 is 0. The molecule has 0 saturated heterocycles. The van der Waals surface area contributed by atoms with Gasteiger partial charge < -0.3 is 16.2 Å². The van der Waals surface area contributed by atoms with Crippen molar-refractivity contribution in [3.05, 3.63) is 0 Å². The van der Waals surface area contributed by atoms with E-state index in [1.165, 1.54) is 0 Å². The summed E-state index contributed by atoms with van der Waals surface area (Å²) in [7, 11) is 0. The number of carbonyl (C=O) groups excluding carboxylic acids is 1. The Morgan fingerprint density at radius 1 is 1.33 bits per heavy atom. The average Bonchev–Trinajstić information content (AvgIpc) is 2.31. The van der Waals surface area contributed by atoms with Crippen LogP contribution in [0.3, 0.4) is 0 Å². The first kappa shape index (κ1) is 15.4. The van der Waals surface area contributed by atoms with Crippen LogP contribution in [0, 0.1) is 5.41 Å². The van der Waals surface area contributed by atoms with E-state index in [1.54, 1.807) is 6.92 Å². The zero-order valence-electron chi connectivity index (χ0n) is 12.2. The molecule has 1 aliphatic carbocycles. The van der Waals surface area contributed by atoms with Crippen molar-refractivity contribution in [2.45, 2.75) is 70.9 Å². The Bertz CT molecular complexity index is 301. The van der Waals surface area contributed by atoms with Gasteiger partial charge in [-0.3, -0.25) is 4.79 Å². The third kappa shape index (κ3) is 3.95. The summed E-state index contributed by atoms with van der Waals surface area (Å²) in [6, 6.07) is 0. The van der Waals surface area contributed by atoms with Crippen molar-refractivity contribution in [2.75, 3.05) is 6.54 Å². The van der Waals surface area contributed by atoms with Crippen LogP contribution in [0.15, 0.2) is 0 Å². The molecular formula is C14H28N2O2. The molecule has 1 amide bonds. The Labute approximate surface area is 110 Å². The number of nitrogens with two attached hydrogens (primary N) is 1. The molecule has 1 saturated carbocycles. The normalized spacial score (nSPS) is 25.2. The van der Waals surface area contributed by atoms with Crippen molar-refractivity contribution >= 4 is 5.91 Å². The second kappa shape index (κ2) is 5.17. The largest absolute Gasteiger partial charge is 0.388 e. The standard InChI is InChI=1S/C14H28N2O2/c1-5-13(4,15)11(17)16-10-14(18)8-6-12(2,3)7-9-14/h18H,5-10,15H2,1-4H3,(H,16,17). The van der Waals surface area contributed by atoms with Crippen LogP contribution in [0.25, 0.3) is 0 Å². The molecule has 1 unspecified atom stereocenters. The number of hydrogen-bond acceptors (Lipinski definition) is 3. The van der Waals surface area contributed by atoms with Crippen LogP contribution < -0.4 is 11.1 Å². The van der Waals surface area contributed by atoms with Crippen LogP contribution in [0.4, 0.5) is 0 Å². The molecule has 1 rings (SSSR count). The van der Waals surface area contributed by atoms with Gasteiger partial charge in [0, 0.05) is 6.54 Å². The van der Waals surface area contributed by atoms with Gasteiger partial charge in [0.1, 0.15) is 0 Å². The number of carbonyl (C=O) groups is 1. The summed E-state index contributed by atoms with van der Waals surface area (Å²) in [5, 5.41) is 13.2. The maximum Gasteiger partial charge on any atom is 0.239 e. The minimum atomic E-state index is -0.843. The Kier molecular flexibility index (Phi) is 4.44. The fourth-order valence-corrected chi connectivity index (χ4v) is 2.18. The van der Waals surface area contributed by atoms with Crippen molar-refractivity contribution in [3.63, 3.8) is 0 Å². The van der Waals surface area contributed by atoms with E-state index >= 15 is 0 Å². The summed E-state index contributed by atoms with van der Waals surface area (Å²) in [5.74, 6) is -0.178. The molecule has 18 heavy (non-hydrogen) atoms. The van der Waals surface area contributed by atoms with Gasteiger partial charge in [0.05, 0.1) is 11.1 Å². The van der Waals surface area contributed by atoms with Gasteiger partial charge in [-0.15, -0.1) is 0 Å². The molecule has 1 atom stereocenters. The SMILES string of the molecule is CCC(C)(N)C(=O)NCC1(O)CCC(C)(C)CC1. The molecular weight excluding hydrogens is 228 g/mol. The predicted molar refractivity (Wildman–Crippen MR) is 73.1 cm³/mol. The smallest absolute Gasteiger partial charge is 0.239 e. The van der Waals surface area contributed by atoms with E-state index in [0.29, 0.717) is 18.4 Å². The van der Waals surface area contributed by atoms with Gasteiger partial charge in [-0.05, 0) is 44.4 Å². The van der Waals surface area contributed by atoms with Crippen LogP contribution in [0.2, 0.25) is 0 Å². The highest BCUT2D eigenvalue weighted by Crippen LogP contribution is 2.39. The highest BCUT2D eigenvalue weighted by atomic mass is 16.3. The second-order valence-electron chi connectivity index (χ2n) is 6.84. The van der Waals surface area contributed by atoms with Crippen LogP contribution in [0.5, 0.6) is 0 Å². The lowest BCUT2D eigenvalue weighted by molar-refractivity contribution is -0.127. The van der Waals surface area contributed by atoms with E-state index in [-0.39, 0.29) is 5.91 Å². The molecule has 0 aliphatic heterocycles. The molecule has 0 aromatic heterocycles. The van der Waals surface area contributed by atoms with Crippen LogP contribution in [0.1, 0.15) is 59.8 Å². The quantitative estimate of drug-likeness (QED) is 0.714. The summed E-state index contributed by atoms with van der Waals surface area (Å²) >= 11 is 0. The van der Waals surface area contributed by atoms with Crippen molar-refractivity contribution in [1.29, 1.82) is 0 Å². The Balaban J connectivity index is 2.47. The van der Waals surface area contributed by atoms with Crippen molar-refractivity contribution < 1.29 is 9.90 Å². The fraction of sp³-hybridized carbons (Fsp3) is 0.929. The molecule has 1 fully saturated rings. The van der Waals surface area contributed by atoms with Gasteiger partial charge in [0.2, 0.25) is 5.91 Å². The Hall–Kier alpha value is -0.610. The Morgan fingerprint density at radius 3 is 2.28 bits per heavy atom. The van der Waals surface area contributed by atoms with Crippen molar-refractivity contribution in [1.82, 2.24) is 5.32 Å². The van der Waals surface area contributed by atoms with Gasteiger partial charge in [-0.2, -0.15) is 0 Å². The molecule has 0 aromatic carbocycles. The first-order valence-corrected chi connectivity index (χ1v) is 6.90. The lowest BCUT2D eigenvalue weighted by Gasteiger charge is -2.40. The van der Waals surface area contributed by atoms with Crippen LogP contribution in [-0.2, 0) is 4.79 Å². The van der Waals surface area contributed by atoms with Gasteiger partial charge in [-0.25, -0.2) is 0 Å². The lowest BCUT2D eigenvalue weighted by atomic mass is 9.71. The third-order valence-electron chi connectivity index (χ3n) is 4.37. The summed E-state index contributed by atoms with van der Waals surface area (Å²) in [4.78, 5) is 11.9. The fourth-order valence-electron chi connectivity index (χ4n) is 2.18. The molecule has 0 radical (unpaired) electrons. The summed E-state index contributed by atoms with van der Waals surface area (Å²) in [5.41, 5.74) is 4.58. The molecule has 4 nitrogen and oxygen atoms in total. The zero-order chi connectivity index (χ0) is 14.0. The number of nitrogens with one attached hydrogen (secondary N) is 1. The topological polar surface area (TPSA) is 75.4 Å². The van der Waals surface area contributed by atoms with Gasteiger partial charge in [0.25, 0.3) is 0 Å². The van der Waals surface area contributed by atoms with E-state index in [9.17, 15) is 9.90 Å². The number of aliphatic hydroxyl groups is 1. The van der Waals surface area contributed by atoms with Crippen molar-refractivity contribution in [3.8, 4) is 0 Å². The first-order valence-electron chi connectivity index (χ1n) is 6.90. The Morgan fingerprint density at radius 2 is 1.83 bits per heavy atom. The minimum Gasteiger partial charge on any atom is -0.388 e. The second-order valence-corrected chi connectivity index (χ2v) is 6.84. The van der Waals surface area contributed by atoms with Crippen LogP contribution in [-0.4, -0.2) is 28.7 Å². The molecule has 106 valence electrons. The van der Waals surface area contributed by atoms with Gasteiger partial charge in [0.15, 0.2) is 0 Å². The maximum absolute atomic E-state index is 11.9. The van der Waals surface area contributed by atoms with Crippen LogP contribution >= 0.6 is 0 Å². The molecule has 4 N–H and O–H groups in total. The highest BCUT2D eigenvalue weighted by molar-refractivity contribution is 5.85. The third-order valence-corrected chi connectivity index (χ3v) is 4.37. The molecule has 0 aromatic rings. The maximum atomic E-state index is 11.9. The number of hydrogen-bond donors (Lipinski definition) is 3. The molecule has 0 bridgehead atoms. The predicted octanol–water partition coefficient (Wildman–Crippen LogP) is 1.56. The summed E-state index contributed by atoms with van der Waals surface area (Å²) in [6.07, 6.45) is 4.06. The number of rotatable bonds is 4. The highest BCUT2D eigenvalue weighted by Gasteiger charge is 2.37. The van der Waals surface area contributed by atoms with Gasteiger partial charge >= 0.3 is 0 Å². The molecule has 0 spiro atoms. The van der Waals surface area contributed by atoms with Gasteiger partial charge in [-0.1, -0.05) is 20.8 Å². The first-order chi connectivity index (χ1) is 8.10. The van der Waals surface area contributed by atoms with Crippen molar-refractivity contribution in [2.24, 2.45) is 11.1 Å². The lowest BCUT2D eigenvalue weighted by Crippen LogP contribution is -2.55. The van der Waals surface area contributed by atoms with E-state index in [1.807, 2.05) is 6.92 Å². The monoisotopic (exact) mass is 256 g/mol.